The number of anilines is 1. The number of nitrogens with one attached hydrogen (secondary N) is 1. The van der Waals surface area contributed by atoms with E-state index in [0.29, 0.717) is 36.8 Å². The van der Waals surface area contributed by atoms with E-state index >= 15 is 0 Å². The largest absolute Gasteiger partial charge is 0.493 e. The molecular weight excluding hydrogens is 506 g/mol. The maximum atomic E-state index is 11.0. The molecule has 0 spiro atoms. The van der Waals surface area contributed by atoms with E-state index in [1.54, 1.807) is 10.9 Å². The zero-order chi connectivity index (χ0) is 26.5. The highest BCUT2D eigenvalue weighted by Crippen LogP contribution is 2.24. The van der Waals surface area contributed by atoms with Crippen LogP contribution in [0.2, 0.25) is 0 Å². The highest BCUT2D eigenvalue weighted by Gasteiger charge is 2.10. The molecule has 5 rings (SSSR count). The molecule has 12 heteroatoms. The van der Waals surface area contributed by atoms with E-state index in [9.17, 15) is 8.42 Å². The van der Waals surface area contributed by atoms with Gasteiger partial charge in [0.15, 0.2) is 0 Å². The maximum absolute atomic E-state index is 11.0. The third kappa shape index (κ3) is 6.33. The molecular formula is C26H27N7O4S. The van der Waals surface area contributed by atoms with Crippen LogP contribution in [-0.2, 0) is 27.9 Å². The Hall–Kier alpha value is -4.29. The lowest BCUT2D eigenvalue weighted by Crippen LogP contribution is -2.08. The molecule has 0 bridgehead atoms. The molecule has 0 saturated carbocycles. The van der Waals surface area contributed by atoms with E-state index in [2.05, 4.69) is 49.6 Å². The van der Waals surface area contributed by atoms with Crippen LogP contribution in [0, 0.1) is 0 Å². The third-order valence-electron chi connectivity index (χ3n) is 5.73. The topological polar surface area (TPSA) is 126 Å². The van der Waals surface area contributed by atoms with Crippen LogP contribution in [-0.4, -0.2) is 57.0 Å². The van der Waals surface area contributed by atoms with Gasteiger partial charge in [0.05, 0.1) is 43.3 Å². The molecule has 0 radical (unpaired) electrons. The number of ether oxygens (including phenoxy) is 1. The summed E-state index contributed by atoms with van der Waals surface area (Å²) in [7, 11) is -1.54. The zero-order valence-electron chi connectivity index (χ0n) is 21.0. The zero-order valence-corrected chi connectivity index (χ0v) is 21.8. The summed E-state index contributed by atoms with van der Waals surface area (Å²) in [5.74, 6) is 1.34. The molecule has 0 unspecified atom stereocenters. The fourth-order valence-electron chi connectivity index (χ4n) is 3.87. The van der Waals surface area contributed by atoms with Gasteiger partial charge in [0, 0.05) is 50.1 Å². The van der Waals surface area contributed by atoms with Crippen LogP contribution < -0.4 is 10.1 Å². The van der Waals surface area contributed by atoms with Crippen molar-refractivity contribution in [3.63, 3.8) is 0 Å². The normalized spacial score (nSPS) is 11.6. The number of aryl methyl sites for hydroxylation is 1. The number of fused-ring (bicyclic) bond motifs is 1. The molecule has 4 heterocycles. The van der Waals surface area contributed by atoms with Crippen LogP contribution in [0.25, 0.3) is 28.2 Å². The van der Waals surface area contributed by atoms with Gasteiger partial charge in [0.25, 0.3) is 10.1 Å². The standard InChI is InChI=1S/C26H27N7O4S/c1-32-17-21(15-31-32)20-6-4-19(5-7-20)14-27-25-13-23(29-18-30-25)24-16-28-26-12-22(8-9-33(24)26)36-10-3-11-37-38(2,34)35/h4-9,12-13,15-18H,3,10-11,14H2,1-2H3,(H,27,29,30). The van der Waals surface area contributed by atoms with Gasteiger partial charge in [-0.3, -0.25) is 13.3 Å². The summed E-state index contributed by atoms with van der Waals surface area (Å²) in [4.78, 5) is 13.3. The summed E-state index contributed by atoms with van der Waals surface area (Å²) in [5, 5.41) is 7.59. The second kappa shape index (κ2) is 11.0. The van der Waals surface area contributed by atoms with Crippen molar-refractivity contribution in [3.8, 4) is 28.3 Å². The summed E-state index contributed by atoms with van der Waals surface area (Å²) in [6, 6.07) is 13.9. The number of hydrogen-bond acceptors (Lipinski definition) is 9. The molecule has 1 aromatic carbocycles. The van der Waals surface area contributed by atoms with Crippen molar-refractivity contribution >= 4 is 21.6 Å². The Morgan fingerprint density at radius 2 is 1.82 bits per heavy atom. The summed E-state index contributed by atoms with van der Waals surface area (Å²) < 4.78 is 36.2. The smallest absolute Gasteiger partial charge is 0.264 e. The number of benzene rings is 1. The molecule has 0 fully saturated rings. The molecule has 5 aromatic rings. The number of rotatable bonds is 11. The fourth-order valence-corrected chi connectivity index (χ4v) is 4.29. The average Bonchev–Trinajstić information content (AvgIpc) is 3.53. The van der Waals surface area contributed by atoms with Crippen molar-refractivity contribution in [2.45, 2.75) is 13.0 Å². The highest BCUT2D eigenvalue weighted by molar-refractivity contribution is 7.85. The Kier molecular flexibility index (Phi) is 7.33. The molecule has 0 aliphatic rings. The van der Waals surface area contributed by atoms with Gasteiger partial charge >= 0.3 is 0 Å². The van der Waals surface area contributed by atoms with E-state index < -0.39 is 10.1 Å². The predicted octanol–water partition coefficient (Wildman–Crippen LogP) is 3.55. The predicted molar refractivity (Wildman–Crippen MR) is 143 cm³/mol. The second-order valence-corrected chi connectivity index (χ2v) is 10.3. The van der Waals surface area contributed by atoms with Crippen molar-refractivity contribution in [2.24, 2.45) is 7.05 Å². The molecule has 0 atom stereocenters. The number of hydrogen-bond donors (Lipinski definition) is 1. The van der Waals surface area contributed by atoms with Gasteiger partial charge in [-0.2, -0.15) is 13.5 Å². The van der Waals surface area contributed by atoms with Crippen molar-refractivity contribution in [2.75, 3.05) is 24.8 Å². The SMILES string of the molecule is Cn1cc(-c2ccc(CNc3cc(-c4cnc5cc(OCCCOS(C)(=O)=O)ccn45)ncn3)cc2)cn1. The van der Waals surface area contributed by atoms with E-state index in [0.717, 1.165) is 34.3 Å². The fraction of sp³-hybridized carbons (Fsp3) is 0.231. The molecule has 4 aromatic heterocycles. The summed E-state index contributed by atoms with van der Waals surface area (Å²) >= 11 is 0. The summed E-state index contributed by atoms with van der Waals surface area (Å²) in [6.45, 7) is 1.02. The van der Waals surface area contributed by atoms with Crippen molar-refractivity contribution in [3.05, 3.63) is 79.1 Å². The Balaban J connectivity index is 1.21. The number of nitrogens with zero attached hydrogens (tertiary/aromatic N) is 6. The first-order valence-corrected chi connectivity index (χ1v) is 13.7. The minimum Gasteiger partial charge on any atom is -0.493 e. The Labute approximate surface area is 220 Å². The lowest BCUT2D eigenvalue weighted by molar-refractivity contribution is 0.252. The van der Waals surface area contributed by atoms with Gasteiger partial charge in [0.1, 0.15) is 23.5 Å². The van der Waals surface area contributed by atoms with Crippen molar-refractivity contribution in [1.82, 2.24) is 29.1 Å². The number of pyridine rings is 1. The first-order valence-electron chi connectivity index (χ1n) is 11.9. The molecule has 0 saturated heterocycles. The number of aromatic nitrogens is 6. The average molecular weight is 534 g/mol. The minimum atomic E-state index is -3.44. The van der Waals surface area contributed by atoms with Crippen molar-refractivity contribution in [1.29, 1.82) is 0 Å². The van der Waals surface area contributed by atoms with Crippen LogP contribution in [0.4, 0.5) is 5.82 Å². The third-order valence-corrected chi connectivity index (χ3v) is 6.33. The number of imidazole rings is 1. The molecule has 0 aliphatic heterocycles. The van der Waals surface area contributed by atoms with Crippen LogP contribution in [0.1, 0.15) is 12.0 Å². The van der Waals surface area contributed by atoms with E-state index in [-0.39, 0.29) is 6.61 Å². The van der Waals surface area contributed by atoms with Gasteiger partial charge in [-0.25, -0.2) is 15.0 Å². The molecule has 11 nitrogen and oxygen atoms in total. The van der Waals surface area contributed by atoms with Gasteiger partial charge in [-0.05, 0) is 17.2 Å². The first kappa shape index (κ1) is 25.4. The van der Waals surface area contributed by atoms with Gasteiger partial charge in [-0.15, -0.1) is 0 Å². The highest BCUT2D eigenvalue weighted by atomic mass is 32.2. The van der Waals surface area contributed by atoms with Crippen LogP contribution in [0.5, 0.6) is 5.75 Å². The monoisotopic (exact) mass is 533 g/mol. The van der Waals surface area contributed by atoms with Crippen LogP contribution in [0.15, 0.2) is 73.6 Å². The minimum absolute atomic E-state index is 0.0788. The molecule has 38 heavy (non-hydrogen) atoms. The Morgan fingerprint density at radius 3 is 2.58 bits per heavy atom. The molecule has 0 amide bonds. The molecule has 196 valence electrons. The van der Waals surface area contributed by atoms with Gasteiger partial charge < -0.3 is 10.1 Å². The second-order valence-electron chi connectivity index (χ2n) is 8.70. The molecule has 1 N–H and O–H groups in total. The van der Waals surface area contributed by atoms with Crippen LogP contribution >= 0.6 is 0 Å². The molecule has 0 aliphatic carbocycles. The Morgan fingerprint density at radius 1 is 0.974 bits per heavy atom. The summed E-state index contributed by atoms with van der Waals surface area (Å²) in [5.41, 5.74) is 5.58. The van der Waals surface area contributed by atoms with E-state index in [1.807, 2.05) is 48.2 Å². The lowest BCUT2D eigenvalue weighted by atomic mass is 10.1. The van der Waals surface area contributed by atoms with Crippen molar-refractivity contribution < 1.29 is 17.3 Å². The maximum Gasteiger partial charge on any atom is 0.264 e. The quantitative estimate of drug-likeness (QED) is 0.200. The van der Waals surface area contributed by atoms with Gasteiger partial charge in [0.2, 0.25) is 0 Å². The van der Waals surface area contributed by atoms with E-state index in [1.165, 1.54) is 6.33 Å². The van der Waals surface area contributed by atoms with Crippen LogP contribution in [0.3, 0.4) is 0 Å². The summed E-state index contributed by atoms with van der Waals surface area (Å²) in [6.07, 6.45) is 10.5. The van der Waals surface area contributed by atoms with Gasteiger partial charge in [-0.1, -0.05) is 24.3 Å². The van der Waals surface area contributed by atoms with E-state index in [4.69, 9.17) is 8.92 Å². The lowest BCUT2D eigenvalue weighted by Gasteiger charge is -2.09. The first-order chi connectivity index (χ1) is 18.3. The Bertz CT molecular complexity index is 1650.